The third kappa shape index (κ3) is 2.27. The molecule has 18 heavy (non-hydrogen) atoms. The third-order valence-corrected chi connectivity index (χ3v) is 4.14. The van der Waals surface area contributed by atoms with Crippen molar-refractivity contribution in [1.29, 1.82) is 0 Å². The van der Waals surface area contributed by atoms with Crippen LogP contribution in [0.1, 0.15) is 54.7 Å². The molecule has 1 aromatic heterocycles. The second kappa shape index (κ2) is 5.33. The summed E-state index contributed by atoms with van der Waals surface area (Å²) < 4.78 is 5.40. The fourth-order valence-corrected chi connectivity index (χ4v) is 3.01. The Morgan fingerprint density at radius 3 is 2.89 bits per heavy atom. The highest BCUT2D eigenvalue weighted by molar-refractivity contribution is 5.25. The van der Waals surface area contributed by atoms with E-state index in [-0.39, 0.29) is 0 Å². The molecule has 4 nitrogen and oxygen atoms in total. The number of hydrogen-bond donors (Lipinski definition) is 1. The number of aromatic nitrogens is 2. The summed E-state index contributed by atoms with van der Waals surface area (Å²) in [6, 6.07) is 0.442. The Labute approximate surface area is 108 Å². The van der Waals surface area contributed by atoms with Gasteiger partial charge in [-0.1, -0.05) is 0 Å². The molecule has 0 amide bonds. The molecular formula is C14H21N3O. The Morgan fingerprint density at radius 1 is 1.28 bits per heavy atom. The lowest BCUT2D eigenvalue weighted by Gasteiger charge is -2.26. The van der Waals surface area contributed by atoms with Gasteiger partial charge in [-0.2, -0.15) is 0 Å². The molecule has 1 N–H and O–H groups in total. The molecule has 1 saturated heterocycles. The molecule has 3 rings (SSSR count). The van der Waals surface area contributed by atoms with Gasteiger partial charge in [0, 0.05) is 42.6 Å². The van der Waals surface area contributed by atoms with Crippen molar-refractivity contribution in [2.24, 2.45) is 0 Å². The Balaban J connectivity index is 1.85. The topological polar surface area (TPSA) is 47.0 Å². The highest BCUT2D eigenvalue weighted by Crippen LogP contribution is 2.30. The number of aryl methyl sites for hydroxylation is 1. The summed E-state index contributed by atoms with van der Waals surface area (Å²) >= 11 is 0. The van der Waals surface area contributed by atoms with Crippen LogP contribution in [0.5, 0.6) is 0 Å². The van der Waals surface area contributed by atoms with E-state index in [1.807, 2.05) is 13.2 Å². The van der Waals surface area contributed by atoms with Crippen LogP contribution in [0.2, 0.25) is 0 Å². The number of rotatable bonds is 2. The van der Waals surface area contributed by atoms with Gasteiger partial charge in [-0.15, -0.1) is 0 Å². The van der Waals surface area contributed by atoms with Crippen molar-refractivity contribution in [3.63, 3.8) is 0 Å². The van der Waals surface area contributed by atoms with Crippen LogP contribution in [-0.4, -0.2) is 30.2 Å². The van der Waals surface area contributed by atoms with Gasteiger partial charge in [0.15, 0.2) is 0 Å². The monoisotopic (exact) mass is 247 g/mol. The van der Waals surface area contributed by atoms with Gasteiger partial charge in [0.25, 0.3) is 0 Å². The zero-order valence-electron chi connectivity index (χ0n) is 11.0. The summed E-state index contributed by atoms with van der Waals surface area (Å²) in [6.45, 7) is 1.70. The van der Waals surface area contributed by atoms with E-state index < -0.39 is 0 Å². The maximum Gasteiger partial charge on any atom is 0.131 e. The van der Waals surface area contributed by atoms with Gasteiger partial charge >= 0.3 is 0 Å². The molecule has 1 unspecified atom stereocenters. The Morgan fingerprint density at radius 2 is 2.11 bits per heavy atom. The minimum Gasteiger partial charge on any atom is -0.381 e. The van der Waals surface area contributed by atoms with Gasteiger partial charge in [0.2, 0.25) is 0 Å². The molecular weight excluding hydrogens is 226 g/mol. The van der Waals surface area contributed by atoms with Gasteiger partial charge in [-0.3, -0.25) is 0 Å². The molecule has 1 aliphatic heterocycles. The molecule has 4 heteroatoms. The zero-order valence-corrected chi connectivity index (χ0v) is 11.0. The lowest BCUT2D eigenvalue weighted by atomic mass is 9.91. The largest absolute Gasteiger partial charge is 0.381 e. The fourth-order valence-electron chi connectivity index (χ4n) is 3.01. The summed E-state index contributed by atoms with van der Waals surface area (Å²) in [5, 5.41) is 3.36. The molecule has 1 atom stereocenters. The van der Waals surface area contributed by atoms with Gasteiger partial charge in [0.05, 0.1) is 0 Å². The Kier molecular flexibility index (Phi) is 3.57. The first-order valence-corrected chi connectivity index (χ1v) is 6.99. The first-order valence-electron chi connectivity index (χ1n) is 6.99. The average molecular weight is 247 g/mol. The molecule has 2 aliphatic rings. The van der Waals surface area contributed by atoms with Crippen LogP contribution in [0.25, 0.3) is 0 Å². The summed E-state index contributed by atoms with van der Waals surface area (Å²) in [5.41, 5.74) is 2.57. The van der Waals surface area contributed by atoms with Crippen LogP contribution in [-0.2, 0) is 11.2 Å². The van der Waals surface area contributed by atoms with Crippen LogP contribution in [0.4, 0.5) is 0 Å². The van der Waals surface area contributed by atoms with E-state index in [2.05, 4.69) is 10.3 Å². The van der Waals surface area contributed by atoms with E-state index in [0.29, 0.717) is 12.0 Å². The number of nitrogens with one attached hydrogen (secondary N) is 1. The van der Waals surface area contributed by atoms with Crippen molar-refractivity contribution in [1.82, 2.24) is 15.3 Å². The Bertz CT molecular complexity index is 416. The number of ether oxygens (including phenoxy) is 1. The molecule has 1 fully saturated rings. The normalized spacial score (nSPS) is 24.8. The molecule has 1 aromatic rings. The number of fused-ring (bicyclic) bond motifs is 1. The molecule has 0 saturated carbocycles. The van der Waals surface area contributed by atoms with Gasteiger partial charge in [-0.25, -0.2) is 9.97 Å². The van der Waals surface area contributed by atoms with E-state index in [0.717, 1.165) is 38.3 Å². The molecule has 98 valence electrons. The van der Waals surface area contributed by atoms with Crippen LogP contribution in [0.15, 0.2) is 6.20 Å². The van der Waals surface area contributed by atoms with E-state index in [4.69, 9.17) is 9.72 Å². The van der Waals surface area contributed by atoms with Crippen molar-refractivity contribution in [3.05, 3.63) is 23.3 Å². The van der Waals surface area contributed by atoms with Crippen LogP contribution < -0.4 is 5.32 Å². The Hall–Kier alpha value is -1.00. The average Bonchev–Trinajstić information content (AvgIpc) is 2.47. The van der Waals surface area contributed by atoms with Crippen molar-refractivity contribution < 1.29 is 4.74 Å². The van der Waals surface area contributed by atoms with Crippen molar-refractivity contribution >= 4 is 0 Å². The van der Waals surface area contributed by atoms with E-state index in [1.54, 1.807) is 0 Å². The molecule has 0 spiro atoms. The van der Waals surface area contributed by atoms with Crippen molar-refractivity contribution in [3.8, 4) is 0 Å². The number of nitrogens with zero attached hydrogens (tertiary/aromatic N) is 2. The predicted octanol–water partition coefficient (Wildman–Crippen LogP) is 1.97. The highest BCUT2D eigenvalue weighted by Gasteiger charge is 2.24. The maximum atomic E-state index is 5.40. The minimum atomic E-state index is 0.442. The van der Waals surface area contributed by atoms with Gasteiger partial charge < -0.3 is 10.1 Å². The molecule has 0 aromatic carbocycles. The lowest BCUT2D eigenvalue weighted by Crippen LogP contribution is -2.24. The smallest absolute Gasteiger partial charge is 0.131 e. The molecule has 0 radical (unpaired) electrons. The van der Waals surface area contributed by atoms with E-state index in [1.165, 1.54) is 24.1 Å². The zero-order chi connectivity index (χ0) is 12.4. The third-order valence-electron chi connectivity index (χ3n) is 4.14. The van der Waals surface area contributed by atoms with Gasteiger partial charge in [-0.05, 0) is 39.2 Å². The number of hydrogen-bond acceptors (Lipinski definition) is 4. The lowest BCUT2D eigenvalue weighted by molar-refractivity contribution is 0.0835. The summed E-state index contributed by atoms with van der Waals surface area (Å²) in [6.07, 6.45) is 7.70. The second-order valence-corrected chi connectivity index (χ2v) is 5.25. The fraction of sp³-hybridized carbons (Fsp3) is 0.714. The summed E-state index contributed by atoms with van der Waals surface area (Å²) in [7, 11) is 2.02. The molecule has 2 heterocycles. The molecule has 0 bridgehead atoms. The SMILES string of the molecule is CNC1CCCc2nc(C3CCOCC3)ncc21. The highest BCUT2D eigenvalue weighted by atomic mass is 16.5. The first-order chi connectivity index (χ1) is 8.88. The van der Waals surface area contributed by atoms with E-state index in [9.17, 15) is 0 Å². The van der Waals surface area contributed by atoms with Gasteiger partial charge in [0.1, 0.15) is 5.82 Å². The van der Waals surface area contributed by atoms with Crippen LogP contribution in [0, 0.1) is 0 Å². The van der Waals surface area contributed by atoms with Crippen LogP contribution >= 0.6 is 0 Å². The minimum absolute atomic E-state index is 0.442. The molecule has 1 aliphatic carbocycles. The van der Waals surface area contributed by atoms with Crippen LogP contribution in [0.3, 0.4) is 0 Å². The van der Waals surface area contributed by atoms with Crippen molar-refractivity contribution in [2.75, 3.05) is 20.3 Å². The van der Waals surface area contributed by atoms with E-state index >= 15 is 0 Å². The van der Waals surface area contributed by atoms with Crippen molar-refractivity contribution in [2.45, 2.75) is 44.1 Å². The standard InChI is InChI=1S/C14H21N3O/c1-15-12-3-2-4-13-11(12)9-16-14(17-13)10-5-7-18-8-6-10/h9-10,12,15H,2-8H2,1H3. The quantitative estimate of drug-likeness (QED) is 0.868. The predicted molar refractivity (Wildman–Crippen MR) is 69.6 cm³/mol. The maximum absolute atomic E-state index is 5.40. The first kappa shape index (κ1) is 12.1. The summed E-state index contributed by atoms with van der Waals surface area (Å²) in [5.74, 6) is 1.54. The second-order valence-electron chi connectivity index (χ2n) is 5.25. The summed E-state index contributed by atoms with van der Waals surface area (Å²) in [4.78, 5) is 9.44.